The Morgan fingerprint density at radius 3 is 2.45 bits per heavy atom. The molecule has 0 radical (unpaired) electrons. The third-order valence-electron chi connectivity index (χ3n) is 4.82. The summed E-state index contributed by atoms with van der Waals surface area (Å²) in [5, 5.41) is 3.16. The van der Waals surface area contributed by atoms with E-state index in [1.54, 1.807) is 29.2 Å². The SMILES string of the molecule is O=c1c(Cc2ccccc2)nc2cccnc2n1-c1cccc(Nc2ncccn2)c1. The number of hydrogen-bond acceptors (Lipinski definition) is 6. The van der Waals surface area contributed by atoms with Crippen LogP contribution in [-0.4, -0.2) is 24.5 Å². The van der Waals surface area contributed by atoms with Gasteiger partial charge in [-0.1, -0.05) is 36.4 Å². The molecule has 1 N–H and O–H groups in total. The molecule has 0 saturated heterocycles. The van der Waals surface area contributed by atoms with Gasteiger partial charge >= 0.3 is 0 Å². The Balaban J connectivity index is 1.63. The number of rotatable bonds is 5. The summed E-state index contributed by atoms with van der Waals surface area (Å²) in [4.78, 5) is 30.9. The predicted octanol–water partition coefficient (Wildman–Crippen LogP) is 3.91. The molecule has 7 nitrogen and oxygen atoms in total. The molecule has 2 aromatic carbocycles. The molecule has 0 saturated carbocycles. The van der Waals surface area contributed by atoms with Gasteiger partial charge < -0.3 is 5.32 Å². The maximum absolute atomic E-state index is 13.5. The zero-order valence-electron chi connectivity index (χ0n) is 16.5. The van der Waals surface area contributed by atoms with Crippen LogP contribution in [0.5, 0.6) is 0 Å². The lowest BCUT2D eigenvalue weighted by Gasteiger charge is -2.13. The Bertz CT molecular complexity index is 1400. The van der Waals surface area contributed by atoms with Crippen LogP contribution >= 0.6 is 0 Å². The van der Waals surface area contributed by atoms with Gasteiger partial charge in [-0.15, -0.1) is 0 Å². The Labute approximate surface area is 178 Å². The van der Waals surface area contributed by atoms with Gasteiger partial charge in [-0.25, -0.2) is 19.9 Å². The van der Waals surface area contributed by atoms with Crippen LogP contribution in [0.25, 0.3) is 16.9 Å². The molecular weight excluding hydrogens is 388 g/mol. The Kier molecular flexibility index (Phi) is 4.90. The van der Waals surface area contributed by atoms with Crippen LogP contribution in [-0.2, 0) is 6.42 Å². The van der Waals surface area contributed by atoms with Crippen LogP contribution in [0.1, 0.15) is 11.3 Å². The first kappa shape index (κ1) is 18.6. The van der Waals surface area contributed by atoms with Gasteiger partial charge in [-0.2, -0.15) is 0 Å². The highest BCUT2D eigenvalue weighted by Gasteiger charge is 2.14. The van der Waals surface area contributed by atoms with Crippen molar-refractivity contribution < 1.29 is 0 Å². The summed E-state index contributed by atoms with van der Waals surface area (Å²) in [7, 11) is 0. The molecule has 31 heavy (non-hydrogen) atoms. The quantitative estimate of drug-likeness (QED) is 0.476. The number of nitrogens with zero attached hydrogens (tertiary/aromatic N) is 5. The average Bonchev–Trinajstić information content (AvgIpc) is 2.81. The van der Waals surface area contributed by atoms with Crippen molar-refractivity contribution in [3.63, 3.8) is 0 Å². The number of anilines is 2. The first-order valence-corrected chi connectivity index (χ1v) is 9.83. The zero-order chi connectivity index (χ0) is 21.0. The highest BCUT2D eigenvalue weighted by molar-refractivity contribution is 5.73. The molecule has 0 bridgehead atoms. The van der Waals surface area contributed by atoms with Crippen LogP contribution < -0.4 is 10.9 Å². The molecule has 0 fully saturated rings. The van der Waals surface area contributed by atoms with Crippen molar-refractivity contribution in [2.45, 2.75) is 6.42 Å². The van der Waals surface area contributed by atoms with Crippen LogP contribution in [0.4, 0.5) is 11.6 Å². The van der Waals surface area contributed by atoms with E-state index in [0.29, 0.717) is 34.9 Å². The van der Waals surface area contributed by atoms with Gasteiger partial charge in [0.05, 0.1) is 5.69 Å². The predicted molar refractivity (Wildman–Crippen MR) is 120 cm³/mol. The molecule has 0 atom stereocenters. The highest BCUT2D eigenvalue weighted by Crippen LogP contribution is 2.20. The van der Waals surface area contributed by atoms with Crippen molar-refractivity contribution in [3.8, 4) is 5.69 Å². The summed E-state index contributed by atoms with van der Waals surface area (Å²) in [5.41, 5.74) is 3.93. The van der Waals surface area contributed by atoms with E-state index in [0.717, 1.165) is 11.3 Å². The van der Waals surface area contributed by atoms with E-state index in [1.165, 1.54) is 0 Å². The fourth-order valence-corrected chi connectivity index (χ4v) is 3.43. The second-order valence-electron chi connectivity index (χ2n) is 6.96. The van der Waals surface area contributed by atoms with Crippen molar-refractivity contribution in [3.05, 3.63) is 113 Å². The third kappa shape index (κ3) is 3.89. The van der Waals surface area contributed by atoms with Crippen LogP contribution in [0.2, 0.25) is 0 Å². The lowest BCUT2D eigenvalue weighted by Crippen LogP contribution is -2.25. The van der Waals surface area contributed by atoms with Crippen LogP contribution in [0.15, 0.2) is 96.2 Å². The second kappa shape index (κ2) is 8.16. The third-order valence-corrected chi connectivity index (χ3v) is 4.82. The number of aromatic nitrogens is 5. The van der Waals surface area contributed by atoms with E-state index >= 15 is 0 Å². The van der Waals surface area contributed by atoms with E-state index in [-0.39, 0.29) is 5.56 Å². The zero-order valence-corrected chi connectivity index (χ0v) is 16.5. The minimum absolute atomic E-state index is 0.192. The van der Waals surface area contributed by atoms with E-state index < -0.39 is 0 Å². The number of hydrogen-bond donors (Lipinski definition) is 1. The summed E-state index contributed by atoms with van der Waals surface area (Å²) >= 11 is 0. The Morgan fingerprint density at radius 2 is 1.61 bits per heavy atom. The maximum atomic E-state index is 13.5. The molecule has 5 aromatic rings. The summed E-state index contributed by atoms with van der Waals surface area (Å²) < 4.78 is 1.61. The molecule has 0 aliphatic rings. The monoisotopic (exact) mass is 406 g/mol. The number of fused-ring (bicyclic) bond motifs is 1. The molecule has 3 heterocycles. The van der Waals surface area contributed by atoms with Gasteiger partial charge in [-0.05, 0) is 42.0 Å². The Hall–Kier alpha value is -4.39. The normalized spacial score (nSPS) is 10.8. The lowest BCUT2D eigenvalue weighted by molar-refractivity contribution is 0.927. The first-order valence-electron chi connectivity index (χ1n) is 9.83. The van der Waals surface area contributed by atoms with E-state index in [1.807, 2.05) is 66.7 Å². The topological polar surface area (TPSA) is 85.6 Å². The van der Waals surface area contributed by atoms with Crippen molar-refractivity contribution in [2.75, 3.05) is 5.32 Å². The average molecular weight is 406 g/mol. The summed E-state index contributed by atoms with van der Waals surface area (Å²) in [6.45, 7) is 0. The highest BCUT2D eigenvalue weighted by atomic mass is 16.1. The molecule has 5 rings (SSSR count). The largest absolute Gasteiger partial charge is 0.324 e. The minimum Gasteiger partial charge on any atom is -0.324 e. The molecular formula is C24H18N6O. The van der Waals surface area contributed by atoms with Gasteiger partial charge in [0.25, 0.3) is 5.56 Å². The number of benzene rings is 2. The van der Waals surface area contributed by atoms with Crippen molar-refractivity contribution in [1.29, 1.82) is 0 Å². The van der Waals surface area contributed by atoms with E-state index in [2.05, 4.69) is 25.3 Å². The lowest BCUT2D eigenvalue weighted by atomic mass is 10.1. The van der Waals surface area contributed by atoms with Gasteiger partial charge in [-0.3, -0.25) is 9.36 Å². The second-order valence-corrected chi connectivity index (χ2v) is 6.96. The molecule has 3 aromatic heterocycles. The van der Waals surface area contributed by atoms with E-state index in [4.69, 9.17) is 0 Å². The summed E-state index contributed by atoms with van der Waals surface area (Å²) in [6.07, 6.45) is 5.44. The van der Waals surface area contributed by atoms with Crippen LogP contribution in [0.3, 0.4) is 0 Å². The van der Waals surface area contributed by atoms with Crippen molar-refractivity contribution >= 4 is 22.8 Å². The van der Waals surface area contributed by atoms with Crippen molar-refractivity contribution in [2.24, 2.45) is 0 Å². The molecule has 0 aliphatic carbocycles. The molecule has 0 aliphatic heterocycles. The fourth-order valence-electron chi connectivity index (χ4n) is 3.43. The standard InChI is InChI=1S/C24H18N6O/c31-23-21(15-17-7-2-1-3-8-17)29-20-11-5-12-25-22(20)30(23)19-10-4-9-18(16-19)28-24-26-13-6-14-27-24/h1-14,16H,15H2,(H,26,27,28). The maximum Gasteiger partial charge on any atom is 0.278 e. The first-order chi connectivity index (χ1) is 15.3. The smallest absolute Gasteiger partial charge is 0.278 e. The van der Waals surface area contributed by atoms with Gasteiger partial charge in [0.1, 0.15) is 11.2 Å². The summed E-state index contributed by atoms with van der Waals surface area (Å²) in [6, 6.07) is 22.8. The molecule has 0 amide bonds. The van der Waals surface area contributed by atoms with Gasteiger partial charge in [0.2, 0.25) is 5.95 Å². The molecule has 0 unspecified atom stereocenters. The molecule has 150 valence electrons. The van der Waals surface area contributed by atoms with Crippen LogP contribution in [0, 0.1) is 0 Å². The van der Waals surface area contributed by atoms with Gasteiger partial charge in [0.15, 0.2) is 5.65 Å². The van der Waals surface area contributed by atoms with Gasteiger partial charge in [0, 0.05) is 30.7 Å². The minimum atomic E-state index is -0.192. The fraction of sp³-hybridized carbons (Fsp3) is 0.0417. The molecule has 0 spiro atoms. The number of nitrogens with one attached hydrogen (secondary N) is 1. The van der Waals surface area contributed by atoms with Crippen molar-refractivity contribution in [1.82, 2.24) is 24.5 Å². The van der Waals surface area contributed by atoms with E-state index in [9.17, 15) is 4.79 Å². The summed E-state index contributed by atoms with van der Waals surface area (Å²) in [5.74, 6) is 0.481. The number of pyridine rings is 1. The molecule has 7 heteroatoms. The Morgan fingerprint density at radius 1 is 0.806 bits per heavy atom.